The van der Waals surface area contributed by atoms with Gasteiger partial charge < -0.3 is 15.7 Å². The highest BCUT2D eigenvalue weighted by Gasteiger charge is 2.45. The van der Waals surface area contributed by atoms with E-state index >= 15 is 0 Å². The van der Waals surface area contributed by atoms with E-state index in [9.17, 15) is 14.3 Å². The minimum Gasteiger partial charge on any atom is -0.387 e. The number of nitrogen functional groups attached to an aromatic ring is 1. The van der Waals surface area contributed by atoms with Gasteiger partial charge in [-0.05, 0) is 57.4 Å². The van der Waals surface area contributed by atoms with Crippen molar-refractivity contribution in [1.29, 1.82) is 0 Å². The molecule has 2 atom stereocenters. The molecule has 3 fully saturated rings. The number of pyridine rings is 1. The van der Waals surface area contributed by atoms with E-state index in [1.54, 1.807) is 29.9 Å². The van der Waals surface area contributed by atoms with Crippen molar-refractivity contribution >= 4 is 17.4 Å². The number of nitrogens with two attached hydrogens (primary N) is 1. The topological polar surface area (TPSA) is 138 Å². The van der Waals surface area contributed by atoms with Crippen LogP contribution in [0.2, 0.25) is 0 Å². The summed E-state index contributed by atoms with van der Waals surface area (Å²) in [5.74, 6) is 0.608. The zero-order chi connectivity index (χ0) is 26.1. The molecule has 0 aromatic carbocycles. The van der Waals surface area contributed by atoms with Crippen molar-refractivity contribution in [3.8, 4) is 22.5 Å². The summed E-state index contributed by atoms with van der Waals surface area (Å²) < 4.78 is 16.1. The van der Waals surface area contributed by atoms with Crippen LogP contribution in [-0.2, 0) is 4.79 Å². The lowest BCUT2D eigenvalue weighted by atomic mass is 9.85. The molecule has 0 spiro atoms. The minimum atomic E-state index is -0.444. The van der Waals surface area contributed by atoms with Crippen molar-refractivity contribution in [3.05, 3.63) is 47.3 Å². The highest BCUT2D eigenvalue weighted by Crippen LogP contribution is 2.50. The van der Waals surface area contributed by atoms with E-state index in [0.717, 1.165) is 60.9 Å². The Morgan fingerprint density at radius 2 is 1.92 bits per heavy atom. The number of amides is 1. The van der Waals surface area contributed by atoms with Gasteiger partial charge in [0, 0.05) is 40.9 Å². The fourth-order valence-electron chi connectivity index (χ4n) is 6.52. The van der Waals surface area contributed by atoms with E-state index in [1.807, 2.05) is 11.0 Å². The van der Waals surface area contributed by atoms with E-state index in [0.29, 0.717) is 28.8 Å². The predicted octanol–water partition coefficient (Wildman–Crippen LogP) is 3.32. The molecule has 2 saturated heterocycles. The lowest BCUT2D eigenvalue weighted by Gasteiger charge is -2.39. The average Bonchev–Trinajstić information content (AvgIpc) is 3.50. The number of aliphatic hydroxyl groups excluding tert-OH is 1. The van der Waals surface area contributed by atoms with E-state index in [2.05, 4.69) is 20.3 Å². The number of rotatable bonds is 5. The summed E-state index contributed by atoms with van der Waals surface area (Å²) in [4.78, 5) is 23.9. The molecule has 0 unspecified atom stereocenters. The maximum atomic E-state index is 14.3. The van der Waals surface area contributed by atoms with Crippen LogP contribution >= 0.6 is 0 Å². The van der Waals surface area contributed by atoms with Gasteiger partial charge in [-0.25, -0.2) is 9.37 Å². The molecule has 4 N–H and O–H groups in total. The summed E-state index contributed by atoms with van der Waals surface area (Å²) in [5, 5.41) is 20.7. The Kier molecular flexibility index (Phi) is 5.26. The number of anilines is 1. The third kappa shape index (κ3) is 3.52. The zero-order valence-corrected chi connectivity index (χ0v) is 21.1. The molecule has 7 rings (SSSR count). The first-order valence-electron chi connectivity index (χ1n) is 13.2. The number of aryl methyl sites for hydroxylation is 1. The molecule has 2 bridgehead atoms. The van der Waals surface area contributed by atoms with Gasteiger partial charge in [0.2, 0.25) is 5.91 Å². The van der Waals surface area contributed by atoms with E-state index < -0.39 is 12.4 Å². The number of fused-ring (bicyclic) bond motifs is 3. The van der Waals surface area contributed by atoms with Gasteiger partial charge >= 0.3 is 0 Å². The first-order chi connectivity index (χ1) is 18.4. The standard InChI is InChI=1S/C27H29FN8O2/c1-13-23(28)25(34-33-13)20-7-4-15(10-30-20)19-11-31-36-26(29)22(14-2-3-14)24(32-27(19)36)16-8-17-5-6-18(9-16)35(17)21(38)12-37/h4,7,10-11,14,16-18,37H,2-3,5-6,8-9,12,29H2,1H3,(H,33,34)/t17-,18-/m1/s1. The first-order valence-corrected chi connectivity index (χ1v) is 13.2. The van der Waals surface area contributed by atoms with Gasteiger partial charge in [0.15, 0.2) is 11.5 Å². The fraction of sp³-hybridized carbons (Fsp3) is 0.444. The van der Waals surface area contributed by atoms with Gasteiger partial charge in [0.25, 0.3) is 0 Å². The third-order valence-electron chi connectivity index (χ3n) is 8.47. The number of aliphatic hydroxyl groups is 1. The van der Waals surface area contributed by atoms with Crippen LogP contribution in [0.5, 0.6) is 0 Å². The van der Waals surface area contributed by atoms with Crippen molar-refractivity contribution in [1.82, 2.24) is 34.7 Å². The van der Waals surface area contributed by atoms with E-state index in [4.69, 9.17) is 10.7 Å². The largest absolute Gasteiger partial charge is 0.387 e. The number of halogens is 1. The molecule has 6 heterocycles. The summed E-state index contributed by atoms with van der Waals surface area (Å²) in [6.45, 7) is 1.18. The number of carbonyl (C=O) groups is 1. The van der Waals surface area contributed by atoms with Crippen molar-refractivity contribution < 1.29 is 14.3 Å². The maximum absolute atomic E-state index is 14.3. The lowest BCUT2D eigenvalue weighted by Crippen LogP contribution is -2.47. The molecule has 2 aliphatic heterocycles. The Labute approximate surface area is 218 Å². The van der Waals surface area contributed by atoms with Gasteiger partial charge in [0.1, 0.15) is 18.1 Å². The highest BCUT2D eigenvalue weighted by atomic mass is 19.1. The molecule has 11 heteroatoms. The van der Waals surface area contributed by atoms with Gasteiger partial charge in [-0.2, -0.15) is 14.7 Å². The number of piperidine rings is 1. The van der Waals surface area contributed by atoms with Crippen LogP contribution in [0.4, 0.5) is 10.2 Å². The van der Waals surface area contributed by atoms with Gasteiger partial charge in [0.05, 0.1) is 23.3 Å². The summed E-state index contributed by atoms with van der Waals surface area (Å²) in [7, 11) is 0. The summed E-state index contributed by atoms with van der Waals surface area (Å²) in [6.07, 6.45) is 9.15. The summed E-state index contributed by atoms with van der Waals surface area (Å²) in [6, 6.07) is 3.86. The SMILES string of the molecule is Cc1[nH]nc(-c2ccc(-c3cnn4c(N)c(C5CC5)c(C5C[C@H]6CC[C@H](C5)N6C(=O)CO)nc34)cn2)c1F. The normalized spacial score (nSPS) is 22.9. The molecule has 4 aromatic rings. The fourth-order valence-corrected chi connectivity index (χ4v) is 6.52. The molecule has 4 aromatic heterocycles. The molecule has 38 heavy (non-hydrogen) atoms. The number of aromatic amines is 1. The van der Waals surface area contributed by atoms with Gasteiger partial charge in [-0.15, -0.1) is 0 Å². The summed E-state index contributed by atoms with van der Waals surface area (Å²) >= 11 is 0. The van der Waals surface area contributed by atoms with E-state index in [1.165, 1.54) is 0 Å². The summed E-state index contributed by atoms with van der Waals surface area (Å²) in [5.41, 5.74) is 12.1. The number of carbonyl (C=O) groups excluding carboxylic acids is 1. The number of aromatic nitrogens is 6. The Morgan fingerprint density at radius 1 is 1.16 bits per heavy atom. The molecule has 3 aliphatic rings. The Bertz CT molecular complexity index is 1540. The number of hydrogen-bond acceptors (Lipinski definition) is 7. The van der Waals surface area contributed by atoms with Crippen LogP contribution in [0.25, 0.3) is 28.2 Å². The quantitative estimate of drug-likeness (QED) is 0.370. The monoisotopic (exact) mass is 516 g/mol. The number of nitrogens with one attached hydrogen (secondary N) is 1. The van der Waals surface area contributed by atoms with Crippen LogP contribution in [-0.4, -0.2) is 64.4 Å². The molecular formula is C27H29FN8O2. The first kappa shape index (κ1) is 23.3. The second-order valence-electron chi connectivity index (χ2n) is 10.8. The van der Waals surface area contributed by atoms with Crippen molar-refractivity contribution in [2.75, 3.05) is 12.3 Å². The van der Waals surface area contributed by atoms with Crippen LogP contribution in [0.15, 0.2) is 24.5 Å². The van der Waals surface area contributed by atoms with Gasteiger partial charge in [-0.1, -0.05) is 6.07 Å². The molecular weight excluding hydrogens is 487 g/mol. The third-order valence-corrected chi connectivity index (χ3v) is 8.47. The predicted molar refractivity (Wildman–Crippen MR) is 138 cm³/mol. The average molecular weight is 517 g/mol. The second kappa shape index (κ2) is 8.59. The molecule has 196 valence electrons. The highest BCUT2D eigenvalue weighted by molar-refractivity contribution is 5.80. The van der Waals surface area contributed by atoms with Crippen LogP contribution in [0, 0.1) is 12.7 Å². The number of hydrogen-bond donors (Lipinski definition) is 3. The lowest BCUT2D eigenvalue weighted by molar-refractivity contribution is -0.138. The zero-order valence-electron chi connectivity index (χ0n) is 21.1. The van der Waals surface area contributed by atoms with Crippen LogP contribution < -0.4 is 5.73 Å². The van der Waals surface area contributed by atoms with Crippen molar-refractivity contribution in [3.63, 3.8) is 0 Å². The Balaban J connectivity index is 1.28. The minimum absolute atomic E-state index is 0.122. The molecule has 0 radical (unpaired) electrons. The van der Waals surface area contributed by atoms with Crippen LogP contribution in [0.3, 0.4) is 0 Å². The molecule has 1 amide bonds. The molecule has 1 saturated carbocycles. The number of nitrogens with zero attached hydrogens (tertiary/aromatic N) is 6. The van der Waals surface area contributed by atoms with Crippen molar-refractivity contribution in [2.24, 2.45) is 0 Å². The van der Waals surface area contributed by atoms with E-state index in [-0.39, 0.29) is 29.6 Å². The maximum Gasteiger partial charge on any atom is 0.248 e. The Morgan fingerprint density at radius 3 is 2.53 bits per heavy atom. The second-order valence-corrected chi connectivity index (χ2v) is 10.8. The molecule has 1 aliphatic carbocycles. The molecule has 10 nitrogen and oxygen atoms in total. The number of H-pyrrole nitrogens is 1. The van der Waals surface area contributed by atoms with Crippen LogP contribution in [0.1, 0.15) is 67.3 Å². The smallest absolute Gasteiger partial charge is 0.248 e. The van der Waals surface area contributed by atoms with Crippen molar-refractivity contribution in [2.45, 2.75) is 69.4 Å². The Hall–Kier alpha value is -3.86. The van der Waals surface area contributed by atoms with Gasteiger partial charge in [-0.3, -0.25) is 14.9 Å².